The average Bonchev–Trinajstić information content (AvgIpc) is 1.77. The van der Waals surface area contributed by atoms with Crippen LogP contribution in [-0.2, 0) is 0 Å². The van der Waals surface area contributed by atoms with Gasteiger partial charge in [-0.1, -0.05) is 6.08 Å². The van der Waals surface area contributed by atoms with Gasteiger partial charge in [0.15, 0.2) is 0 Å². The second-order valence-electron chi connectivity index (χ2n) is 2.40. The predicted octanol–water partition coefficient (Wildman–Crippen LogP) is 1.07. The fraction of sp³-hybridized carbons (Fsp3) is 0.714. The van der Waals surface area contributed by atoms with Crippen molar-refractivity contribution >= 4 is 0 Å². The van der Waals surface area contributed by atoms with Crippen LogP contribution in [-0.4, -0.2) is 24.5 Å². The summed E-state index contributed by atoms with van der Waals surface area (Å²) in [6, 6.07) is 0.694. The molecule has 1 atom stereocenters. The Morgan fingerprint density at radius 1 is 1.75 bits per heavy atom. The smallest absolute Gasteiger partial charge is 0.0168 e. The third-order valence-electron chi connectivity index (χ3n) is 1.69. The molecule has 0 aliphatic carbocycles. The highest BCUT2D eigenvalue weighted by atomic mass is 15.1. The molecule has 0 saturated carbocycles. The van der Waals surface area contributed by atoms with Gasteiger partial charge in [0.05, 0.1) is 0 Å². The summed E-state index contributed by atoms with van der Waals surface area (Å²) in [4.78, 5) is 2.32. The summed E-state index contributed by atoms with van der Waals surface area (Å²) in [7, 11) is 2.14. The Balaban J connectivity index is 2.44. The molecular formula is C7H12N. The molecule has 0 aromatic rings. The minimum absolute atomic E-state index is 0.694. The van der Waals surface area contributed by atoms with E-state index in [1.54, 1.807) is 0 Å². The molecule has 1 nitrogen and oxygen atoms in total. The maximum Gasteiger partial charge on any atom is 0.0168 e. The maximum atomic E-state index is 3.20. The summed E-state index contributed by atoms with van der Waals surface area (Å²) in [6.07, 6.45) is 6.39. The first-order valence-electron chi connectivity index (χ1n) is 3.06. The summed E-state index contributed by atoms with van der Waals surface area (Å²) < 4.78 is 0. The number of likely N-dealkylation sites (N-methyl/N-ethyl adjacent to an activating group) is 1. The zero-order valence-corrected chi connectivity index (χ0v) is 5.52. The van der Waals surface area contributed by atoms with E-state index < -0.39 is 0 Å². The minimum atomic E-state index is 0.694. The van der Waals surface area contributed by atoms with E-state index >= 15 is 0 Å². The second-order valence-corrected chi connectivity index (χ2v) is 2.40. The number of hydrogen-bond donors (Lipinski definition) is 0. The molecule has 0 N–H and O–H groups in total. The van der Waals surface area contributed by atoms with Crippen LogP contribution in [0.4, 0.5) is 0 Å². The molecule has 0 fully saturated rings. The lowest BCUT2D eigenvalue weighted by molar-refractivity contribution is 0.271. The van der Waals surface area contributed by atoms with Crippen LogP contribution in [0.15, 0.2) is 6.08 Å². The van der Waals surface area contributed by atoms with E-state index in [4.69, 9.17) is 0 Å². The first kappa shape index (κ1) is 5.83. The quantitative estimate of drug-likeness (QED) is 0.451. The van der Waals surface area contributed by atoms with Gasteiger partial charge in [-0.15, -0.1) is 0 Å². The van der Waals surface area contributed by atoms with E-state index in [9.17, 15) is 0 Å². The van der Waals surface area contributed by atoms with Crippen LogP contribution in [0.3, 0.4) is 0 Å². The standard InChI is InChI=1S/C7H12N/c1-7-5-3-4-6-8(7)2/h4,7H,5-6H2,1-2H3. The normalized spacial score (nSPS) is 31.0. The zero-order valence-electron chi connectivity index (χ0n) is 5.52. The molecule has 0 amide bonds. The molecule has 0 bridgehead atoms. The lowest BCUT2D eigenvalue weighted by atomic mass is 10.1. The highest BCUT2D eigenvalue weighted by Crippen LogP contribution is 2.05. The Morgan fingerprint density at radius 2 is 2.50 bits per heavy atom. The monoisotopic (exact) mass is 110 g/mol. The van der Waals surface area contributed by atoms with Gasteiger partial charge in [0.2, 0.25) is 0 Å². The number of hydrogen-bond acceptors (Lipinski definition) is 1. The Kier molecular flexibility index (Phi) is 1.69. The first-order chi connectivity index (χ1) is 3.80. The molecule has 1 heteroatoms. The summed E-state index contributed by atoms with van der Waals surface area (Å²) >= 11 is 0. The summed E-state index contributed by atoms with van der Waals surface area (Å²) in [5, 5.41) is 0. The third-order valence-corrected chi connectivity index (χ3v) is 1.69. The van der Waals surface area contributed by atoms with Gasteiger partial charge in [-0.3, -0.25) is 4.90 Å². The van der Waals surface area contributed by atoms with Crippen molar-refractivity contribution in [2.75, 3.05) is 13.6 Å². The molecule has 1 radical (unpaired) electrons. The van der Waals surface area contributed by atoms with E-state index in [-0.39, 0.29) is 0 Å². The van der Waals surface area contributed by atoms with E-state index in [0.29, 0.717) is 6.04 Å². The Bertz CT molecular complexity index is 84.6. The van der Waals surface area contributed by atoms with Gasteiger partial charge < -0.3 is 0 Å². The lowest BCUT2D eigenvalue weighted by Crippen LogP contribution is -2.31. The number of rotatable bonds is 0. The molecular weight excluding hydrogens is 98.1 g/mol. The van der Waals surface area contributed by atoms with Crippen molar-refractivity contribution in [1.29, 1.82) is 0 Å². The summed E-state index contributed by atoms with van der Waals surface area (Å²) in [5.74, 6) is 0. The van der Waals surface area contributed by atoms with Crippen LogP contribution < -0.4 is 0 Å². The topological polar surface area (TPSA) is 3.24 Å². The van der Waals surface area contributed by atoms with Gasteiger partial charge >= 0.3 is 0 Å². The van der Waals surface area contributed by atoms with Crippen molar-refractivity contribution in [3.05, 3.63) is 12.2 Å². The largest absolute Gasteiger partial charge is 0.300 e. The molecule has 1 unspecified atom stereocenters. The van der Waals surface area contributed by atoms with Gasteiger partial charge in [-0.25, -0.2) is 0 Å². The van der Waals surface area contributed by atoms with E-state index in [1.165, 1.54) is 0 Å². The Hall–Kier alpha value is -0.300. The molecule has 8 heavy (non-hydrogen) atoms. The molecule has 1 heterocycles. The molecule has 0 aromatic heterocycles. The minimum Gasteiger partial charge on any atom is -0.300 e. The molecule has 0 aromatic carbocycles. The molecule has 0 spiro atoms. The molecule has 1 aliphatic rings. The first-order valence-corrected chi connectivity index (χ1v) is 3.06. The van der Waals surface area contributed by atoms with Crippen molar-refractivity contribution in [2.45, 2.75) is 19.4 Å². The second kappa shape index (κ2) is 2.31. The predicted molar refractivity (Wildman–Crippen MR) is 34.5 cm³/mol. The fourth-order valence-electron chi connectivity index (χ4n) is 0.798. The van der Waals surface area contributed by atoms with Crippen molar-refractivity contribution in [3.8, 4) is 0 Å². The van der Waals surface area contributed by atoms with Crippen LogP contribution in [0.2, 0.25) is 0 Å². The highest BCUT2D eigenvalue weighted by molar-refractivity contribution is 4.87. The molecule has 0 saturated heterocycles. The lowest BCUT2D eigenvalue weighted by Gasteiger charge is -2.24. The van der Waals surface area contributed by atoms with E-state index in [2.05, 4.69) is 31.0 Å². The summed E-state index contributed by atoms with van der Waals surface area (Å²) in [6.45, 7) is 3.29. The number of nitrogens with zero attached hydrogens (tertiary/aromatic N) is 1. The van der Waals surface area contributed by atoms with Crippen molar-refractivity contribution < 1.29 is 0 Å². The molecule has 45 valence electrons. The van der Waals surface area contributed by atoms with Crippen LogP contribution >= 0.6 is 0 Å². The maximum absolute atomic E-state index is 3.20. The van der Waals surface area contributed by atoms with Gasteiger partial charge in [0.25, 0.3) is 0 Å². The van der Waals surface area contributed by atoms with Crippen molar-refractivity contribution in [2.24, 2.45) is 0 Å². The van der Waals surface area contributed by atoms with Crippen LogP contribution in [0.25, 0.3) is 0 Å². The molecule has 1 rings (SSSR count). The Morgan fingerprint density at radius 3 is 2.88 bits per heavy atom. The summed E-state index contributed by atoms with van der Waals surface area (Å²) in [5.41, 5.74) is 0. The van der Waals surface area contributed by atoms with Gasteiger partial charge in [0.1, 0.15) is 0 Å². The van der Waals surface area contributed by atoms with E-state index in [0.717, 1.165) is 13.0 Å². The van der Waals surface area contributed by atoms with Crippen LogP contribution in [0, 0.1) is 6.08 Å². The molecule has 1 aliphatic heterocycles. The van der Waals surface area contributed by atoms with Crippen LogP contribution in [0.5, 0.6) is 0 Å². The van der Waals surface area contributed by atoms with Gasteiger partial charge in [0, 0.05) is 12.6 Å². The van der Waals surface area contributed by atoms with Gasteiger partial charge in [-0.05, 0) is 26.5 Å². The third kappa shape index (κ3) is 1.10. The zero-order chi connectivity index (χ0) is 5.98. The van der Waals surface area contributed by atoms with Crippen LogP contribution in [0.1, 0.15) is 13.3 Å². The SMILES string of the molecule is CC1C[C]=CCN1C. The fourth-order valence-corrected chi connectivity index (χ4v) is 0.798. The Labute approximate surface area is 51.0 Å². The van der Waals surface area contributed by atoms with E-state index in [1.807, 2.05) is 0 Å². The average molecular weight is 110 g/mol. The highest BCUT2D eigenvalue weighted by Gasteiger charge is 2.08. The van der Waals surface area contributed by atoms with Crippen molar-refractivity contribution in [3.63, 3.8) is 0 Å². The van der Waals surface area contributed by atoms with Gasteiger partial charge in [-0.2, -0.15) is 0 Å². The van der Waals surface area contributed by atoms with Crippen molar-refractivity contribution in [1.82, 2.24) is 4.90 Å².